The summed E-state index contributed by atoms with van der Waals surface area (Å²) in [7, 11) is 0. The van der Waals surface area contributed by atoms with Gasteiger partial charge in [0.25, 0.3) is 5.91 Å². The van der Waals surface area contributed by atoms with Crippen LogP contribution in [0.3, 0.4) is 0 Å². The number of carbonyl (C=O) groups excluding carboxylic acids is 2. The molecule has 0 unspecified atom stereocenters. The predicted molar refractivity (Wildman–Crippen MR) is 95.4 cm³/mol. The maximum atomic E-state index is 12.4. The highest BCUT2D eigenvalue weighted by molar-refractivity contribution is 5.95. The fourth-order valence-electron chi connectivity index (χ4n) is 3.99. The number of nitrogens with zero attached hydrogens (tertiary/aromatic N) is 1. The lowest BCUT2D eigenvalue weighted by molar-refractivity contribution is 0.0284. The third kappa shape index (κ3) is 4.17. The molecule has 2 aliphatic rings. The first-order chi connectivity index (χ1) is 11.7. The van der Waals surface area contributed by atoms with Crippen LogP contribution in [0.4, 0.5) is 4.79 Å². The molecule has 6 heteroatoms. The summed E-state index contributed by atoms with van der Waals surface area (Å²) in [5, 5.41) is 3.16. The fourth-order valence-corrected chi connectivity index (χ4v) is 3.99. The number of ether oxygens (including phenoxy) is 1. The van der Waals surface area contributed by atoms with Gasteiger partial charge >= 0.3 is 6.09 Å². The summed E-state index contributed by atoms with van der Waals surface area (Å²) >= 11 is 0. The van der Waals surface area contributed by atoms with Crippen molar-refractivity contribution in [2.75, 3.05) is 13.1 Å². The summed E-state index contributed by atoms with van der Waals surface area (Å²) in [5.41, 5.74) is 1.21. The van der Waals surface area contributed by atoms with Gasteiger partial charge in [-0.15, -0.1) is 0 Å². The van der Waals surface area contributed by atoms with E-state index < -0.39 is 5.60 Å². The second kappa shape index (κ2) is 6.73. The molecule has 0 radical (unpaired) electrons. The molecule has 1 saturated carbocycles. The summed E-state index contributed by atoms with van der Waals surface area (Å²) in [6.07, 6.45) is 6.31. The van der Waals surface area contributed by atoms with Crippen molar-refractivity contribution in [3.8, 4) is 0 Å². The van der Waals surface area contributed by atoms with Gasteiger partial charge in [0.1, 0.15) is 5.60 Å². The van der Waals surface area contributed by atoms with Gasteiger partial charge in [0.15, 0.2) is 0 Å². The van der Waals surface area contributed by atoms with E-state index in [1.807, 2.05) is 38.8 Å². The molecule has 0 spiro atoms. The lowest BCUT2D eigenvalue weighted by Gasteiger charge is -2.31. The highest BCUT2D eigenvalue weighted by Gasteiger charge is 2.41. The van der Waals surface area contributed by atoms with E-state index in [-0.39, 0.29) is 18.0 Å². The Morgan fingerprint density at radius 1 is 1.20 bits per heavy atom. The Kier molecular flexibility index (Phi) is 4.80. The van der Waals surface area contributed by atoms with E-state index in [2.05, 4.69) is 10.3 Å². The summed E-state index contributed by atoms with van der Waals surface area (Å²) < 4.78 is 5.50. The second-order valence-electron chi connectivity index (χ2n) is 8.44. The van der Waals surface area contributed by atoms with Gasteiger partial charge in [-0.25, -0.2) is 4.79 Å². The molecule has 138 valence electrons. The van der Waals surface area contributed by atoms with Crippen LogP contribution >= 0.6 is 0 Å². The largest absolute Gasteiger partial charge is 0.444 e. The molecule has 6 nitrogen and oxygen atoms in total. The van der Waals surface area contributed by atoms with Crippen molar-refractivity contribution in [2.45, 2.75) is 58.6 Å². The number of aromatic nitrogens is 1. The number of carbonyl (C=O) groups is 2. The van der Waals surface area contributed by atoms with Crippen LogP contribution in [0.15, 0.2) is 12.4 Å². The molecule has 2 amide bonds. The average molecular weight is 347 g/mol. The number of amides is 2. The number of nitrogens with one attached hydrogen (secondary N) is 2. The number of aromatic amines is 1. The van der Waals surface area contributed by atoms with Gasteiger partial charge in [0.2, 0.25) is 0 Å². The molecule has 0 aromatic carbocycles. The van der Waals surface area contributed by atoms with E-state index in [1.54, 1.807) is 6.20 Å². The normalized spacial score (nSPS) is 26.2. The first kappa shape index (κ1) is 17.8. The minimum absolute atomic E-state index is 0.0100. The van der Waals surface area contributed by atoms with Crippen molar-refractivity contribution in [3.63, 3.8) is 0 Å². The maximum Gasteiger partial charge on any atom is 0.410 e. The van der Waals surface area contributed by atoms with Crippen molar-refractivity contribution in [3.05, 3.63) is 23.5 Å². The molecule has 1 aliphatic heterocycles. The van der Waals surface area contributed by atoms with E-state index in [0.29, 0.717) is 17.4 Å². The Balaban J connectivity index is 1.54. The van der Waals surface area contributed by atoms with Gasteiger partial charge in [-0.3, -0.25) is 4.79 Å². The van der Waals surface area contributed by atoms with Gasteiger partial charge in [-0.05, 0) is 64.4 Å². The van der Waals surface area contributed by atoms with Crippen LogP contribution in [0.25, 0.3) is 0 Å². The average Bonchev–Trinajstić information content (AvgIpc) is 3.11. The van der Waals surface area contributed by atoms with Crippen molar-refractivity contribution in [2.24, 2.45) is 11.8 Å². The molecule has 1 aliphatic carbocycles. The van der Waals surface area contributed by atoms with E-state index in [9.17, 15) is 9.59 Å². The zero-order valence-corrected chi connectivity index (χ0v) is 15.6. The summed E-state index contributed by atoms with van der Waals surface area (Å²) in [4.78, 5) is 29.5. The zero-order chi connectivity index (χ0) is 18.2. The molecule has 3 atom stereocenters. The van der Waals surface area contributed by atoms with E-state index in [1.165, 1.54) is 0 Å². The molecule has 0 bridgehead atoms. The SMILES string of the molecule is Cc1c[nH]cc1C(=O)N[C@@H]1CC[C@@H]2CN(C(=O)OC(C)(C)C)C[C@H]2C1. The number of likely N-dealkylation sites (tertiary alicyclic amines) is 1. The number of hydrogen-bond acceptors (Lipinski definition) is 3. The number of rotatable bonds is 2. The van der Waals surface area contributed by atoms with Crippen LogP contribution < -0.4 is 5.32 Å². The molecule has 1 aromatic heterocycles. The number of aryl methyl sites for hydroxylation is 1. The van der Waals surface area contributed by atoms with Gasteiger partial charge in [-0.2, -0.15) is 0 Å². The summed E-state index contributed by atoms with van der Waals surface area (Å²) in [6.45, 7) is 9.11. The van der Waals surface area contributed by atoms with E-state index >= 15 is 0 Å². The number of hydrogen-bond donors (Lipinski definition) is 2. The summed E-state index contributed by atoms with van der Waals surface area (Å²) in [6, 6.07) is 0.182. The first-order valence-corrected chi connectivity index (χ1v) is 9.15. The monoisotopic (exact) mass is 347 g/mol. The zero-order valence-electron chi connectivity index (χ0n) is 15.6. The summed E-state index contributed by atoms with van der Waals surface area (Å²) in [5.74, 6) is 0.956. The van der Waals surface area contributed by atoms with E-state index in [0.717, 1.165) is 37.9 Å². The fraction of sp³-hybridized carbons (Fsp3) is 0.684. The molecule has 2 fully saturated rings. The minimum atomic E-state index is -0.463. The Labute approximate surface area is 149 Å². The molecule has 1 saturated heterocycles. The topological polar surface area (TPSA) is 74.4 Å². The Morgan fingerprint density at radius 3 is 2.56 bits per heavy atom. The Bertz CT molecular complexity index is 647. The van der Waals surface area contributed by atoms with Gasteiger partial charge in [0.05, 0.1) is 5.56 Å². The van der Waals surface area contributed by atoms with Crippen LogP contribution in [-0.4, -0.2) is 46.6 Å². The van der Waals surface area contributed by atoms with Crippen molar-refractivity contribution < 1.29 is 14.3 Å². The van der Waals surface area contributed by atoms with Crippen LogP contribution in [0.2, 0.25) is 0 Å². The van der Waals surface area contributed by atoms with Gasteiger partial charge in [-0.1, -0.05) is 0 Å². The highest BCUT2D eigenvalue weighted by Crippen LogP contribution is 2.37. The molecular weight excluding hydrogens is 318 g/mol. The molecule has 1 aromatic rings. The second-order valence-corrected chi connectivity index (χ2v) is 8.44. The first-order valence-electron chi connectivity index (χ1n) is 9.15. The van der Waals surface area contributed by atoms with Gasteiger partial charge in [0, 0.05) is 31.5 Å². The van der Waals surface area contributed by atoms with Crippen LogP contribution in [0.5, 0.6) is 0 Å². The van der Waals surface area contributed by atoms with Crippen molar-refractivity contribution >= 4 is 12.0 Å². The Hall–Kier alpha value is -1.98. The lowest BCUT2D eigenvalue weighted by Crippen LogP contribution is -2.40. The molecule has 2 N–H and O–H groups in total. The van der Waals surface area contributed by atoms with Crippen molar-refractivity contribution in [1.82, 2.24) is 15.2 Å². The Morgan fingerprint density at radius 2 is 1.92 bits per heavy atom. The predicted octanol–water partition coefficient (Wildman–Crippen LogP) is 3.09. The van der Waals surface area contributed by atoms with Crippen LogP contribution in [-0.2, 0) is 4.74 Å². The van der Waals surface area contributed by atoms with E-state index in [4.69, 9.17) is 4.74 Å². The van der Waals surface area contributed by atoms with Gasteiger partial charge < -0.3 is 19.9 Å². The smallest absolute Gasteiger partial charge is 0.410 e. The van der Waals surface area contributed by atoms with Crippen molar-refractivity contribution in [1.29, 1.82) is 0 Å². The number of fused-ring (bicyclic) bond motifs is 1. The van der Waals surface area contributed by atoms with Crippen LogP contribution in [0, 0.1) is 18.8 Å². The molecule has 2 heterocycles. The molecule has 25 heavy (non-hydrogen) atoms. The third-order valence-corrected chi connectivity index (χ3v) is 5.23. The quantitative estimate of drug-likeness (QED) is 0.863. The lowest BCUT2D eigenvalue weighted by atomic mass is 9.79. The molecule has 3 rings (SSSR count). The van der Waals surface area contributed by atoms with Crippen LogP contribution in [0.1, 0.15) is 56.0 Å². The minimum Gasteiger partial charge on any atom is -0.444 e. The molecular formula is C19H29N3O3. The highest BCUT2D eigenvalue weighted by atomic mass is 16.6. The maximum absolute atomic E-state index is 12.4. The number of H-pyrrole nitrogens is 1. The third-order valence-electron chi connectivity index (χ3n) is 5.23. The standard InChI is InChI=1S/C19H29N3O3/c1-12-8-20-9-16(12)17(23)21-15-6-5-13-10-22(11-14(13)7-15)18(24)25-19(2,3)4/h8-9,13-15,20H,5-7,10-11H2,1-4H3,(H,21,23)/t13-,14-,15-/m1/s1.